The van der Waals surface area contributed by atoms with Gasteiger partial charge in [0, 0.05) is 6.54 Å². The summed E-state index contributed by atoms with van der Waals surface area (Å²) in [4.78, 5) is 1.92. The van der Waals surface area contributed by atoms with Gasteiger partial charge in [0.25, 0.3) is 0 Å². The molecule has 0 radical (unpaired) electrons. The lowest BCUT2D eigenvalue weighted by Crippen LogP contribution is -2.33. The van der Waals surface area contributed by atoms with Crippen LogP contribution >= 0.6 is 0 Å². The molecule has 0 aliphatic rings. The smallest absolute Gasteiger partial charge is 0.0851 e. The number of aliphatic hydroxyl groups is 1. The van der Waals surface area contributed by atoms with Crippen molar-refractivity contribution >= 4 is 0 Å². The van der Waals surface area contributed by atoms with Crippen molar-refractivity contribution in [2.75, 3.05) is 20.6 Å². The SMILES string of the molecule is CC(C)[C@@H](O)[C@@H](C#N)CN(C)C. The van der Waals surface area contributed by atoms with Gasteiger partial charge in [0.15, 0.2) is 0 Å². The van der Waals surface area contributed by atoms with Gasteiger partial charge in [-0.15, -0.1) is 0 Å². The van der Waals surface area contributed by atoms with Crippen LogP contribution in [0.4, 0.5) is 0 Å². The van der Waals surface area contributed by atoms with E-state index in [1.54, 1.807) is 0 Å². The molecule has 0 aromatic carbocycles. The van der Waals surface area contributed by atoms with Gasteiger partial charge in [0.2, 0.25) is 0 Å². The van der Waals surface area contributed by atoms with E-state index in [1.165, 1.54) is 0 Å². The summed E-state index contributed by atoms with van der Waals surface area (Å²) < 4.78 is 0. The minimum Gasteiger partial charge on any atom is -0.391 e. The van der Waals surface area contributed by atoms with Gasteiger partial charge in [-0.3, -0.25) is 0 Å². The molecule has 0 heterocycles. The lowest BCUT2D eigenvalue weighted by molar-refractivity contribution is 0.0754. The largest absolute Gasteiger partial charge is 0.391 e. The average Bonchev–Trinajstić information content (AvgIpc) is 1.98. The first kappa shape index (κ1) is 11.4. The molecule has 3 heteroatoms. The number of hydrogen-bond acceptors (Lipinski definition) is 3. The van der Waals surface area contributed by atoms with Crippen molar-refractivity contribution in [2.24, 2.45) is 11.8 Å². The van der Waals surface area contributed by atoms with Crippen LogP contribution < -0.4 is 0 Å². The highest BCUT2D eigenvalue weighted by Crippen LogP contribution is 2.12. The normalized spacial score (nSPS) is 16.2. The number of nitriles is 1. The fraction of sp³-hybridized carbons (Fsp3) is 0.889. The molecule has 3 nitrogen and oxygen atoms in total. The fourth-order valence-corrected chi connectivity index (χ4v) is 1.08. The van der Waals surface area contributed by atoms with Crippen molar-refractivity contribution in [1.29, 1.82) is 5.26 Å². The van der Waals surface area contributed by atoms with E-state index in [4.69, 9.17) is 5.26 Å². The minimum absolute atomic E-state index is 0.148. The molecule has 0 aromatic heterocycles. The van der Waals surface area contributed by atoms with Gasteiger partial charge in [-0.25, -0.2) is 0 Å². The van der Waals surface area contributed by atoms with Crippen LogP contribution in [0, 0.1) is 23.2 Å². The molecule has 0 aliphatic carbocycles. The number of hydrogen-bond donors (Lipinski definition) is 1. The molecule has 0 amide bonds. The molecule has 0 spiro atoms. The van der Waals surface area contributed by atoms with Gasteiger partial charge in [0.1, 0.15) is 0 Å². The van der Waals surface area contributed by atoms with E-state index in [0.29, 0.717) is 6.54 Å². The maximum Gasteiger partial charge on any atom is 0.0851 e. The summed E-state index contributed by atoms with van der Waals surface area (Å²) in [5, 5.41) is 18.3. The third-order valence-corrected chi connectivity index (χ3v) is 1.82. The molecular formula is C9H18N2O. The zero-order chi connectivity index (χ0) is 9.72. The van der Waals surface area contributed by atoms with Crippen LogP contribution in [0.5, 0.6) is 0 Å². The number of aliphatic hydroxyl groups excluding tert-OH is 1. The first-order valence-electron chi connectivity index (χ1n) is 4.21. The standard InChI is InChI=1S/C9H18N2O/c1-7(2)9(12)8(5-10)6-11(3)4/h7-9,12H,6H2,1-4H3/t8-,9+/m0/s1. The average molecular weight is 170 g/mol. The summed E-state index contributed by atoms with van der Waals surface area (Å²) in [6.07, 6.45) is -0.516. The zero-order valence-electron chi connectivity index (χ0n) is 8.28. The second-order valence-corrected chi connectivity index (χ2v) is 3.73. The lowest BCUT2D eigenvalue weighted by Gasteiger charge is -2.22. The Morgan fingerprint density at radius 2 is 1.92 bits per heavy atom. The Hall–Kier alpha value is -0.590. The van der Waals surface area contributed by atoms with E-state index >= 15 is 0 Å². The summed E-state index contributed by atoms with van der Waals surface area (Å²) in [5.74, 6) is -0.130. The molecule has 12 heavy (non-hydrogen) atoms. The van der Waals surface area contributed by atoms with Gasteiger partial charge < -0.3 is 10.0 Å². The predicted octanol–water partition coefficient (Wildman–Crippen LogP) is 0.705. The van der Waals surface area contributed by atoms with E-state index in [1.807, 2.05) is 32.8 Å². The third kappa shape index (κ3) is 3.70. The molecular weight excluding hydrogens is 152 g/mol. The van der Waals surface area contributed by atoms with E-state index in [2.05, 4.69) is 6.07 Å². The second-order valence-electron chi connectivity index (χ2n) is 3.73. The Kier molecular flexibility index (Phi) is 4.87. The lowest BCUT2D eigenvalue weighted by atomic mass is 9.94. The Morgan fingerprint density at radius 3 is 2.17 bits per heavy atom. The molecule has 0 aliphatic heterocycles. The van der Waals surface area contributed by atoms with Crippen LogP contribution in [0.3, 0.4) is 0 Å². The summed E-state index contributed by atoms with van der Waals surface area (Å²) in [7, 11) is 3.80. The molecule has 70 valence electrons. The molecule has 0 bridgehead atoms. The third-order valence-electron chi connectivity index (χ3n) is 1.82. The molecule has 0 unspecified atom stereocenters. The quantitative estimate of drug-likeness (QED) is 0.675. The minimum atomic E-state index is -0.516. The molecule has 0 fully saturated rings. The summed E-state index contributed by atoms with van der Waals surface area (Å²) in [6, 6.07) is 2.12. The number of rotatable bonds is 4. The van der Waals surface area contributed by atoms with Crippen molar-refractivity contribution in [3.63, 3.8) is 0 Å². The Balaban J connectivity index is 4.08. The topological polar surface area (TPSA) is 47.3 Å². The van der Waals surface area contributed by atoms with Gasteiger partial charge in [-0.1, -0.05) is 13.8 Å². The van der Waals surface area contributed by atoms with Gasteiger partial charge >= 0.3 is 0 Å². The predicted molar refractivity (Wildman–Crippen MR) is 48.5 cm³/mol. The summed E-state index contributed by atoms with van der Waals surface area (Å²) in [6.45, 7) is 4.46. The maximum absolute atomic E-state index is 9.59. The Labute approximate surface area is 74.6 Å². The van der Waals surface area contributed by atoms with E-state index in [-0.39, 0.29) is 11.8 Å². The van der Waals surface area contributed by atoms with E-state index in [9.17, 15) is 5.11 Å². The van der Waals surface area contributed by atoms with Gasteiger partial charge in [-0.05, 0) is 20.0 Å². The number of nitrogens with zero attached hydrogens (tertiary/aromatic N) is 2. The van der Waals surface area contributed by atoms with Crippen molar-refractivity contribution in [3.8, 4) is 6.07 Å². The highest BCUT2D eigenvalue weighted by Gasteiger charge is 2.22. The van der Waals surface area contributed by atoms with E-state index in [0.717, 1.165) is 0 Å². The molecule has 1 N–H and O–H groups in total. The molecule has 0 saturated carbocycles. The first-order chi connectivity index (χ1) is 5.49. The van der Waals surface area contributed by atoms with Crippen LogP contribution in [0.1, 0.15) is 13.8 Å². The van der Waals surface area contributed by atoms with Crippen LogP contribution in [0.15, 0.2) is 0 Å². The summed E-state index contributed by atoms with van der Waals surface area (Å²) in [5.41, 5.74) is 0. The van der Waals surface area contributed by atoms with Crippen LogP contribution in [-0.2, 0) is 0 Å². The van der Waals surface area contributed by atoms with Crippen molar-refractivity contribution in [3.05, 3.63) is 0 Å². The zero-order valence-corrected chi connectivity index (χ0v) is 8.28. The first-order valence-corrected chi connectivity index (χ1v) is 4.21. The Bertz CT molecular complexity index is 160. The van der Waals surface area contributed by atoms with Crippen LogP contribution in [0.25, 0.3) is 0 Å². The van der Waals surface area contributed by atoms with Crippen molar-refractivity contribution in [2.45, 2.75) is 20.0 Å². The van der Waals surface area contributed by atoms with Crippen LogP contribution in [-0.4, -0.2) is 36.8 Å². The van der Waals surface area contributed by atoms with Crippen molar-refractivity contribution < 1.29 is 5.11 Å². The monoisotopic (exact) mass is 170 g/mol. The highest BCUT2D eigenvalue weighted by molar-refractivity contribution is 4.90. The van der Waals surface area contributed by atoms with Crippen molar-refractivity contribution in [1.82, 2.24) is 4.90 Å². The van der Waals surface area contributed by atoms with Gasteiger partial charge in [-0.2, -0.15) is 5.26 Å². The molecule has 2 atom stereocenters. The fourth-order valence-electron chi connectivity index (χ4n) is 1.08. The Morgan fingerprint density at radius 1 is 1.42 bits per heavy atom. The molecule has 0 saturated heterocycles. The van der Waals surface area contributed by atoms with Gasteiger partial charge in [0.05, 0.1) is 18.1 Å². The highest BCUT2D eigenvalue weighted by atomic mass is 16.3. The maximum atomic E-state index is 9.59. The van der Waals surface area contributed by atoms with E-state index < -0.39 is 6.10 Å². The second kappa shape index (κ2) is 5.13. The summed E-state index contributed by atoms with van der Waals surface area (Å²) >= 11 is 0. The van der Waals surface area contributed by atoms with Crippen LogP contribution in [0.2, 0.25) is 0 Å². The molecule has 0 rings (SSSR count). The molecule has 0 aromatic rings.